The summed E-state index contributed by atoms with van der Waals surface area (Å²) in [6.45, 7) is 5.15. The van der Waals surface area contributed by atoms with Crippen LogP contribution in [0.25, 0.3) is 10.4 Å². The summed E-state index contributed by atoms with van der Waals surface area (Å²) in [7, 11) is 0. The van der Waals surface area contributed by atoms with E-state index in [2.05, 4.69) is 47.1 Å². The summed E-state index contributed by atoms with van der Waals surface area (Å²) in [5.74, 6) is 0.239. The van der Waals surface area contributed by atoms with E-state index in [9.17, 15) is 9.59 Å². The predicted octanol–water partition coefficient (Wildman–Crippen LogP) is 4.50. The van der Waals surface area contributed by atoms with E-state index in [1.165, 1.54) is 16.0 Å². The molecule has 1 atom stereocenters. The van der Waals surface area contributed by atoms with E-state index < -0.39 is 5.41 Å². The molecule has 2 amide bonds. The molecule has 2 aromatic rings. The van der Waals surface area contributed by atoms with Crippen LogP contribution in [0.15, 0.2) is 41.8 Å². The molecule has 2 fully saturated rings. The lowest BCUT2D eigenvalue weighted by molar-refractivity contribution is -0.143. The molecule has 1 saturated heterocycles. The first-order chi connectivity index (χ1) is 14.0. The van der Waals surface area contributed by atoms with Gasteiger partial charge in [-0.3, -0.25) is 9.59 Å². The number of rotatable bonds is 6. The van der Waals surface area contributed by atoms with E-state index in [4.69, 9.17) is 0 Å². The third kappa shape index (κ3) is 4.55. The molecule has 5 heteroatoms. The van der Waals surface area contributed by atoms with Crippen LogP contribution in [0.4, 0.5) is 0 Å². The summed E-state index contributed by atoms with van der Waals surface area (Å²) < 4.78 is 0. The summed E-state index contributed by atoms with van der Waals surface area (Å²) >= 11 is 1.73. The number of hydrogen-bond donors (Lipinski definition) is 1. The standard InChI is InChI=1S/C24H30N2O2S/c1-17(2)22(27)26-12-5-11-24(16-26,23(28)25-20-9-10-20)15-18-6-3-7-19(14-18)21-8-4-13-29-21/h3-4,6-8,13-14,17,20H,5,9-12,15-16H2,1-2H3,(H,25,28)/t24-/m1/s1. The molecule has 1 N–H and O–H groups in total. The first-order valence-corrected chi connectivity index (χ1v) is 11.6. The van der Waals surface area contributed by atoms with Crippen molar-refractivity contribution in [1.29, 1.82) is 0 Å². The van der Waals surface area contributed by atoms with Gasteiger partial charge in [0.25, 0.3) is 0 Å². The third-order valence-electron chi connectivity index (χ3n) is 6.05. The first kappa shape index (κ1) is 20.1. The summed E-state index contributed by atoms with van der Waals surface area (Å²) in [6, 6.07) is 13.1. The number of nitrogens with zero attached hydrogens (tertiary/aromatic N) is 1. The normalized spacial score (nSPS) is 22.0. The van der Waals surface area contributed by atoms with E-state index >= 15 is 0 Å². The Morgan fingerprint density at radius 2 is 2.07 bits per heavy atom. The Labute approximate surface area is 177 Å². The van der Waals surface area contributed by atoms with Gasteiger partial charge in [0.15, 0.2) is 0 Å². The fourth-order valence-corrected chi connectivity index (χ4v) is 5.05. The molecule has 1 aliphatic heterocycles. The van der Waals surface area contributed by atoms with Gasteiger partial charge in [-0.1, -0.05) is 44.2 Å². The highest BCUT2D eigenvalue weighted by molar-refractivity contribution is 7.13. The lowest BCUT2D eigenvalue weighted by atomic mass is 9.73. The zero-order valence-corrected chi connectivity index (χ0v) is 18.1. The van der Waals surface area contributed by atoms with E-state index in [0.717, 1.165) is 32.2 Å². The van der Waals surface area contributed by atoms with E-state index in [-0.39, 0.29) is 17.7 Å². The zero-order chi connectivity index (χ0) is 20.4. The van der Waals surface area contributed by atoms with E-state index in [1.54, 1.807) is 11.3 Å². The van der Waals surface area contributed by atoms with Gasteiger partial charge >= 0.3 is 0 Å². The number of piperidine rings is 1. The first-order valence-electron chi connectivity index (χ1n) is 10.7. The minimum atomic E-state index is -0.542. The van der Waals surface area contributed by atoms with Gasteiger partial charge in [-0.15, -0.1) is 11.3 Å². The molecule has 0 unspecified atom stereocenters. The topological polar surface area (TPSA) is 49.4 Å². The molecule has 0 bridgehead atoms. The fraction of sp³-hybridized carbons (Fsp3) is 0.500. The van der Waals surface area contributed by atoms with Crippen molar-refractivity contribution >= 4 is 23.2 Å². The second-order valence-electron chi connectivity index (χ2n) is 8.90. The van der Waals surface area contributed by atoms with Crippen molar-refractivity contribution in [2.75, 3.05) is 13.1 Å². The summed E-state index contributed by atoms with van der Waals surface area (Å²) in [5, 5.41) is 5.33. The van der Waals surface area contributed by atoms with Crippen LogP contribution in [0.2, 0.25) is 0 Å². The molecule has 154 valence electrons. The van der Waals surface area contributed by atoms with Crippen molar-refractivity contribution < 1.29 is 9.59 Å². The van der Waals surface area contributed by atoms with Crippen LogP contribution >= 0.6 is 11.3 Å². The van der Waals surface area contributed by atoms with Gasteiger partial charge in [-0.25, -0.2) is 0 Å². The quantitative estimate of drug-likeness (QED) is 0.762. The van der Waals surface area contributed by atoms with Crippen LogP contribution in [0.3, 0.4) is 0 Å². The monoisotopic (exact) mass is 410 g/mol. The summed E-state index contributed by atoms with van der Waals surface area (Å²) in [6.07, 6.45) is 4.53. The summed E-state index contributed by atoms with van der Waals surface area (Å²) in [5.41, 5.74) is 1.82. The molecule has 1 aromatic heterocycles. The molecule has 1 saturated carbocycles. The number of carbonyl (C=O) groups excluding carboxylic acids is 2. The van der Waals surface area contributed by atoms with Crippen molar-refractivity contribution in [3.05, 3.63) is 47.3 Å². The van der Waals surface area contributed by atoms with Gasteiger partial charge in [0.1, 0.15) is 0 Å². The molecule has 4 rings (SSSR count). The maximum Gasteiger partial charge on any atom is 0.228 e. The second-order valence-corrected chi connectivity index (χ2v) is 9.85. The number of nitrogens with one attached hydrogen (secondary N) is 1. The minimum Gasteiger partial charge on any atom is -0.353 e. The number of hydrogen-bond acceptors (Lipinski definition) is 3. The van der Waals surface area contributed by atoms with Crippen LogP contribution in [-0.2, 0) is 16.0 Å². The smallest absolute Gasteiger partial charge is 0.228 e. The number of carbonyl (C=O) groups is 2. The Morgan fingerprint density at radius 1 is 1.24 bits per heavy atom. The Bertz CT molecular complexity index is 873. The van der Waals surface area contributed by atoms with Gasteiger partial charge in [0.05, 0.1) is 5.41 Å². The van der Waals surface area contributed by atoms with E-state index in [0.29, 0.717) is 19.0 Å². The second kappa shape index (κ2) is 8.31. The molecule has 2 heterocycles. The largest absolute Gasteiger partial charge is 0.353 e. The van der Waals surface area contributed by atoms with Crippen molar-refractivity contribution in [2.45, 2.75) is 52.0 Å². The highest BCUT2D eigenvalue weighted by Gasteiger charge is 2.45. The van der Waals surface area contributed by atoms with Gasteiger partial charge in [-0.05, 0) is 54.7 Å². The number of benzene rings is 1. The third-order valence-corrected chi connectivity index (χ3v) is 6.97. The van der Waals surface area contributed by atoms with Crippen LogP contribution in [0.5, 0.6) is 0 Å². The lowest BCUT2D eigenvalue weighted by Crippen LogP contribution is -2.55. The molecule has 0 spiro atoms. The molecule has 4 nitrogen and oxygen atoms in total. The van der Waals surface area contributed by atoms with Crippen molar-refractivity contribution in [2.24, 2.45) is 11.3 Å². The minimum absolute atomic E-state index is 0.0422. The van der Waals surface area contributed by atoms with Gasteiger partial charge in [0, 0.05) is 29.9 Å². The Morgan fingerprint density at radius 3 is 2.76 bits per heavy atom. The zero-order valence-electron chi connectivity index (χ0n) is 17.3. The molecular weight excluding hydrogens is 380 g/mol. The maximum atomic E-state index is 13.4. The van der Waals surface area contributed by atoms with Crippen LogP contribution < -0.4 is 5.32 Å². The average Bonchev–Trinajstić information content (AvgIpc) is 3.36. The Kier molecular flexibility index (Phi) is 5.77. The molecule has 0 radical (unpaired) electrons. The Balaban J connectivity index is 1.61. The van der Waals surface area contributed by atoms with Gasteiger partial charge in [-0.2, -0.15) is 0 Å². The molecule has 1 aromatic carbocycles. The van der Waals surface area contributed by atoms with Crippen molar-refractivity contribution in [3.8, 4) is 10.4 Å². The lowest BCUT2D eigenvalue weighted by Gasteiger charge is -2.42. The molecule has 2 aliphatic rings. The van der Waals surface area contributed by atoms with Crippen LogP contribution in [0.1, 0.15) is 45.1 Å². The van der Waals surface area contributed by atoms with Crippen molar-refractivity contribution in [1.82, 2.24) is 10.2 Å². The number of amides is 2. The van der Waals surface area contributed by atoms with Crippen LogP contribution in [0, 0.1) is 11.3 Å². The molecule has 29 heavy (non-hydrogen) atoms. The van der Waals surface area contributed by atoms with Crippen LogP contribution in [-0.4, -0.2) is 35.8 Å². The van der Waals surface area contributed by atoms with Gasteiger partial charge in [0.2, 0.25) is 11.8 Å². The average molecular weight is 411 g/mol. The Hall–Kier alpha value is -2.14. The molecular formula is C24H30N2O2S. The van der Waals surface area contributed by atoms with Gasteiger partial charge < -0.3 is 10.2 Å². The summed E-state index contributed by atoms with van der Waals surface area (Å²) in [4.78, 5) is 29.2. The maximum absolute atomic E-state index is 13.4. The SMILES string of the molecule is CC(C)C(=O)N1CCC[C@](Cc2cccc(-c3cccs3)c2)(C(=O)NC2CC2)C1. The number of likely N-dealkylation sites (tertiary alicyclic amines) is 1. The fourth-order valence-electron chi connectivity index (χ4n) is 4.33. The number of thiophene rings is 1. The highest BCUT2D eigenvalue weighted by atomic mass is 32.1. The van der Waals surface area contributed by atoms with E-state index in [1.807, 2.05) is 18.7 Å². The molecule has 1 aliphatic carbocycles. The highest BCUT2D eigenvalue weighted by Crippen LogP contribution is 2.37. The predicted molar refractivity (Wildman–Crippen MR) is 118 cm³/mol. The van der Waals surface area contributed by atoms with Crippen molar-refractivity contribution in [3.63, 3.8) is 0 Å².